The third kappa shape index (κ3) is 5.04. The number of benzene rings is 2. The van der Waals surface area contributed by atoms with E-state index in [2.05, 4.69) is 15.6 Å². The van der Waals surface area contributed by atoms with Crippen molar-refractivity contribution >= 4 is 17.4 Å². The normalized spacial score (nSPS) is 10.3. The van der Waals surface area contributed by atoms with Crippen molar-refractivity contribution < 1.29 is 14.3 Å². The second-order valence-corrected chi connectivity index (χ2v) is 6.75. The Bertz CT molecular complexity index is 1020. The van der Waals surface area contributed by atoms with Crippen molar-refractivity contribution in [2.24, 2.45) is 0 Å². The van der Waals surface area contributed by atoms with E-state index in [1.165, 1.54) is 0 Å². The van der Waals surface area contributed by atoms with Gasteiger partial charge in [-0.1, -0.05) is 23.8 Å². The first-order chi connectivity index (χ1) is 14.0. The van der Waals surface area contributed by atoms with Crippen LogP contribution in [0, 0.1) is 13.8 Å². The number of carbonyl (C=O) groups excluding carboxylic acids is 1. The van der Waals surface area contributed by atoms with Crippen LogP contribution in [0.1, 0.15) is 27.0 Å². The molecule has 3 aromatic rings. The molecule has 2 N–H and O–H groups in total. The van der Waals surface area contributed by atoms with Gasteiger partial charge in [-0.25, -0.2) is 4.98 Å². The number of ether oxygens (including phenoxy) is 2. The number of aryl methyl sites for hydroxylation is 2. The number of nitrogens with zero attached hydrogens (tertiary/aromatic N) is 1. The topological polar surface area (TPSA) is 72.5 Å². The van der Waals surface area contributed by atoms with Gasteiger partial charge < -0.3 is 20.1 Å². The molecule has 0 aliphatic rings. The van der Waals surface area contributed by atoms with Crippen molar-refractivity contribution in [3.8, 4) is 11.5 Å². The van der Waals surface area contributed by atoms with Crippen molar-refractivity contribution in [1.29, 1.82) is 0 Å². The minimum absolute atomic E-state index is 0.173. The zero-order valence-electron chi connectivity index (χ0n) is 17.1. The molecule has 1 amide bonds. The van der Waals surface area contributed by atoms with Crippen molar-refractivity contribution in [2.45, 2.75) is 20.4 Å². The van der Waals surface area contributed by atoms with Crippen LogP contribution in [-0.2, 0) is 6.54 Å². The maximum atomic E-state index is 12.6. The van der Waals surface area contributed by atoms with Crippen LogP contribution < -0.4 is 20.1 Å². The quantitative estimate of drug-likeness (QED) is 0.617. The van der Waals surface area contributed by atoms with Gasteiger partial charge in [-0.2, -0.15) is 0 Å². The van der Waals surface area contributed by atoms with E-state index >= 15 is 0 Å². The molecule has 0 saturated heterocycles. The Labute approximate surface area is 170 Å². The number of carbonyl (C=O) groups is 1. The maximum Gasteiger partial charge on any atom is 0.255 e. The summed E-state index contributed by atoms with van der Waals surface area (Å²) in [5.41, 5.74) is 4.53. The van der Waals surface area contributed by atoms with Gasteiger partial charge in [0, 0.05) is 24.0 Å². The number of rotatable bonds is 7. The molecule has 0 unspecified atom stereocenters. The van der Waals surface area contributed by atoms with Gasteiger partial charge in [-0.05, 0) is 55.3 Å². The highest BCUT2D eigenvalue weighted by Gasteiger charge is 2.10. The molecule has 150 valence electrons. The van der Waals surface area contributed by atoms with Gasteiger partial charge in [-0.15, -0.1) is 0 Å². The molecule has 0 fully saturated rings. The smallest absolute Gasteiger partial charge is 0.255 e. The lowest BCUT2D eigenvalue weighted by Crippen LogP contribution is -2.13. The molecule has 0 aliphatic heterocycles. The average Bonchev–Trinajstić information content (AvgIpc) is 2.74. The maximum absolute atomic E-state index is 12.6. The van der Waals surface area contributed by atoms with Gasteiger partial charge >= 0.3 is 0 Å². The lowest BCUT2D eigenvalue weighted by Gasteiger charge is -2.12. The number of hydrogen-bond donors (Lipinski definition) is 2. The predicted molar refractivity (Wildman–Crippen MR) is 115 cm³/mol. The van der Waals surface area contributed by atoms with Crippen LogP contribution in [0.5, 0.6) is 11.5 Å². The summed E-state index contributed by atoms with van der Waals surface area (Å²) in [5, 5.41) is 6.20. The highest BCUT2D eigenvalue weighted by Crippen LogP contribution is 2.27. The molecule has 2 aromatic carbocycles. The zero-order valence-corrected chi connectivity index (χ0v) is 17.1. The molecule has 3 rings (SSSR count). The number of pyridine rings is 1. The first-order valence-electron chi connectivity index (χ1n) is 9.29. The number of methoxy groups -OCH3 is 2. The Morgan fingerprint density at radius 1 is 0.966 bits per heavy atom. The van der Waals surface area contributed by atoms with E-state index in [9.17, 15) is 4.79 Å². The number of anilines is 2. The first kappa shape index (κ1) is 20.2. The number of aromatic nitrogens is 1. The minimum atomic E-state index is -0.173. The van der Waals surface area contributed by atoms with Crippen LogP contribution in [0.2, 0.25) is 0 Å². The molecule has 6 heteroatoms. The van der Waals surface area contributed by atoms with E-state index in [1.807, 2.05) is 50.2 Å². The Balaban J connectivity index is 1.68. The Hall–Kier alpha value is -3.54. The molecule has 0 spiro atoms. The molecule has 0 saturated carbocycles. The van der Waals surface area contributed by atoms with Crippen LogP contribution in [0.4, 0.5) is 11.5 Å². The minimum Gasteiger partial charge on any atom is -0.493 e. The van der Waals surface area contributed by atoms with E-state index in [0.29, 0.717) is 29.4 Å². The number of nitrogens with one attached hydrogen (secondary N) is 2. The molecular formula is C23H25N3O3. The van der Waals surface area contributed by atoms with Gasteiger partial charge in [0.15, 0.2) is 11.5 Å². The first-order valence-corrected chi connectivity index (χ1v) is 9.29. The monoisotopic (exact) mass is 391 g/mol. The Morgan fingerprint density at radius 3 is 2.48 bits per heavy atom. The zero-order chi connectivity index (χ0) is 20.8. The third-order valence-corrected chi connectivity index (χ3v) is 4.57. The van der Waals surface area contributed by atoms with Crippen molar-refractivity contribution in [3.63, 3.8) is 0 Å². The highest BCUT2D eigenvalue weighted by molar-refractivity contribution is 6.05. The highest BCUT2D eigenvalue weighted by atomic mass is 16.5. The van der Waals surface area contributed by atoms with Gasteiger partial charge in [0.1, 0.15) is 5.82 Å². The molecule has 0 radical (unpaired) electrons. The molecule has 0 aliphatic carbocycles. The molecule has 1 heterocycles. The lowest BCUT2D eigenvalue weighted by molar-refractivity contribution is 0.102. The van der Waals surface area contributed by atoms with E-state index in [0.717, 1.165) is 22.4 Å². The summed E-state index contributed by atoms with van der Waals surface area (Å²) in [6.45, 7) is 4.54. The van der Waals surface area contributed by atoms with Crippen LogP contribution >= 0.6 is 0 Å². The van der Waals surface area contributed by atoms with Gasteiger partial charge in [-0.3, -0.25) is 4.79 Å². The van der Waals surface area contributed by atoms with E-state index in [-0.39, 0.29) is 5.91 Å². The fourth-order valence-corrected chi connectivity index (χ4v) is 3.00. The van der Waals surface area contributed by atoms with E-state index in [4.69, 9.17) is 9.47 Å². The van der Waals surface area contributed by atoms with Crippen LogP contribution in [-0.4, -0.2) is 25.1 Å². The van der Waals surface area contributed by atoms with Crippen LogP contribution in [0.3, 0.4) is 0 Å². The Kier molecular flexibility index (Phi) is 6.34. The second kappa shape index (κ2) is 9.10. The van der Waals surface area contributed by atoms with Gasteiger partial charge in [0.25, 0.3) is 5.91 Å². The fourth-order valence-electron chi connectivity index (χ4n) is 3.00. The SMILES string of the molecule is COc1ccc(CNc2cc(C(=O)Nc3ccc(C)cc3C)ccn2)cc1OC. The van der Waals surface area contributed by atoms with Crippen LogP contribution in [0.15, 0.2) is 54.7 Å². The van der Waals surface area contributed by atoms with Gasteiger partial charge in [0.2, 0.25) is 0 Å². The summed E-state index contributed by atoms with van der Waals surface area (Å²) in [5.74, 6) is 1.79. The lowest BCUT2D eigenvalue weighted by atomic mass is 10.1. The fraction of sp³-hybridized carbons (Fsp3) is 0.217. The summed E-state index contributed by atoms with van der Waals surface area (Å²) >= 11 is 0. The second-order valence-electron chi connectivity index (χ2n) is 6.75. The Morgan fingerprint density at radius 2 is 1.76 bits per heavy atom. The number of amides is 1. The van der Waals surface area contributed by atoms with Crippen LogP contribution in [0.25, 0.3) is 0 Å². The molecule has 0 bridgehead atoms. The number of hydrogen-bond acceptors (Lipinski definition) is 5. The van der Waals surface area contributed by atoms with Crippen molar-refractivity contribution in [3.05, 3.63) is 77.0 Å². The molecule has 0 atom stereocenters. The summed E-state index contributed by atoms with van der Waals surface area (Å²) in [7, 11) is 3.21. The summed E-state index contributed by atoms with van der Waals surface area (Å²) in [6.07, 6.45) is 1.62. The average molecular weight is 391 g/mol. The standard InChI is InChI=1S/C23H25N3O3/c1-15-5-7-19(16(2)11-15)26-23(27)18-9-10-24-22(13-18)25-14-17-6-8-20(28-3)21(12-17)29-4/h5-13H,14H2,1-4H3,(H,24,25)(H,26,27). The van der Waals surface area contributed by atoms with Gasteiger partial charge in [0.05, 0.1) is 14.2 Å². The van der Waals surface area contributed by atoms with E-state index in [1.54, 1.807) is 32.5 Å². The predicted octanol–water partition coefficient (Wildman–Crippen LogP) is 4.58. The molecule has 29 heavy (non-hydrogen) atoms. The molecule has 6 nitrogen and oxygen atoms in total. The summed E-state index contributed by atoms with van der Waals surface area (Å²) < 4.78 is 10.6. The largest absolute Gasteiger partial charge is 0.493 e. The van der Waals surface area contributed by atoms with Crippen molar-refractivity contribution in [2.75, 3.05) is 24.9 Å². The molecular weight excluding hydrogens is 366 g/mol. The summed E-state index contributed by atoms with van der Waals surface area (Å²) in [6, 6.07) is 15.1. The van der Waals surface area contributed by atoms with E-state index < -0.39 is 0 Å². The molecule has 1 aromatic heterocycles. The third-order valence-electron chi connectivity index (χ3n) is 4.57. The van der Waals surface area contributed by atoms with Crippen molar-refractivity contribution in [1.82, 2.24) is 4.98 Å². The summed E-state index contributed by atoms with van der Waals surface area (Å²) in [4.78, 5) is 16.9.